The van der Waals surface area contributed by atoms with Crippen LogP contribution in [0.1, 0.15) is 32.8 Å². The number of hydrogen-bond acceptors (Lipinski definition) is 4. The van der Waals surface area contributed by atoms with Crippen LogP contribution in [-0.4, -0.2) is 24.5 Å². The smallest absolute Gasteiger partial charge is 0.121 e. The second kappa shape index (κ2) is 11.3. The van der Waals surface area contributed by atoms with Crippen LogP contribution < -0.4 is 9.47 Å². The van der Waals surface area contributed by atoms with Crippen molar-refractivity contribution in [3.8, 4) is 23.3 Å². The largest absolute Gasteiger partial charge is 0.497 e. The van der Waals surface area contributed by atoms with E-state index < -0.39 is 15.8 Å². The van der Waals surface area contributed by atoms with Crippen molar-refractivity contribution in [3.63, 3.8) is 0 Å². The number of nitrogens with zero attached hydrogens (tertiary/aromatic N) is 1. The number of benzene rings is 3. The lowest BCUT2D eigenvalue weighted by Crippen LogP contribution is -2.12. The van der Waals surface area contributed by atoms with Crippen LogP contribution in [0, 0.1) is 17.3 Å². The molecule has 0 saturated carbocycles. The molecule has 0 saturated heterocycles. The maximum atomic E-state index is 14.6. The molecule has 0 aliphatic carbocycles. The lowest BCUT2D eigenvalue weighted by atomic mass is 9.97. The van der Waals surface area contributed by atoms with E-state index in [1.807, 2.05) is 66.7 Å². The number of aryl methyl sites for hydroxylation is 1. The van der Waals surface area contributed by atoms with E-state index in [0.717, 1.165) is 6.42 Å². The molecule has 3 rings (SSSR count). The van der Waals surface area contributed by atoms with Gasteiger partial charge in [0.1, 0.15) is 27.3 Å². The van der Waals surface area contributed by atoms with Crippen LogP contribution in [0.5, 0.6) is 11.5 Å². The number of ether oxygens (including phenoxy) is 2. The average molecular weight is 476 g/mol. The Morgan fingerprint density at radius 3 is 1.76 bits per heavy atom. The van der Waals surface area contributed by atoms with Gasteiger partial charge in [-0.25, -0.2) is 8.57 Å². The van der Waals surface area contributed by atoms with Crippen LogP contribution in [0.15, 0.2) is 93.0 Å². The summed E-state index contributed by atoms with van der Waals surface area (Å²) in [5.74, 6) is 8.04. The Morgan fingerprint density at radius 2 is 1.32 bits per heavy atom. The minimum absolute atomic E-state index is 0.179. The molecule has 0 amide bonds. The highest BCUT2D eigenvalue weighted by Gasteiger charge is 2.20. The quantitative estimate of drug-likeness (QED) is 0.343. The molecule has 0 aliphatic heterocycles. The van der Waals surface area contributed by atoms with Crippen molar-refractivity contribution in [1.82, 2.24) is 0 Å². The molecule has 4 nitrogen and oxygen atoms in total. The SMILES string of the molecule is COc1ccc(S(=O)(=N[C@H](C#CC(C)(C)C)CCc2ccccc2)c2ccc(OC)cc2)cc1. The van der Waals surface area contributed by atoms with Gasteiger partial charge in [-0.15, -0.1) is 0 Å². The first kappa shape index (κ1) is 25.4. The van der Waals surface area contributed by atoms with Crippen molar-refractivity contribution in [2.45, 2.75) is 49.4 Å². The Labute approximate surface area is 204 Å². The second-order valence-corrected chi connectivity index (χ2v) is 11.2. The molecule has 0 aromatic heterocycles. The fourth-order valence-electron chi connectivity index (χ4n) is 3.36. The molecule has 1 atom stereocenters. The zero-order chi connectivity index (χ0) is 24.6. The highest BCUT2D eigenvalue weighted by Crippen LogP contribution is 2.28. The van der Waals surface area contributed by atoms with Crippen LogP contribution in [0.25, 0.3) is 0 Å². The standard InChI is InChI=1S/C29H33NO3S/c1-29(2,3)22-21-24(12-11-23-9-7-6-8-10-23)30-34(31,27-17-13-25(32-4)14-18-27)28-19-15-26(33-5)16-20-28/h6-10,13-20,24H,11-12H2,1-5H3/t24-/m0/s1. The van der Waals surface area contributed by atoms with Gasteiger partial charge in [0.2, 0.25) is 0 Å². The maximum absolute atomic E-state index is 14.6. The van der Waals surface area contributed by atoms with E-state index >= 15 is 0 Å². The number of methoxy groups -OCH3 is 2. The van der Waals surface area contributed by atoms with Gasteiger partial charge in [-0.2, -0.15) is 0 Å². The molecule has 5 heteroatoms. The lowest BCUT2D eigenvalue weighted by Gasteiger charge is -2.16. The molecule has 3 aromatic carbocycles. The summed E-state index contributed by atoms with van der Waals surface area (Å²) in [5.41, 5.74) is 1.03. The van der Waals surface area contributed by atoms with E-state index in [-0.39, 0.29) is 5.41 Å². The molecular weight excluding hydrogens is 442 g/mol. The minimum atomic E-state index is -2.96. The third-order valence-electron chi connectivity index (χ3n) is 5.20. The molecule has 0 bridgehead atoms. The van der Waals surface area contributed by atoms with Gasteiger partial charge in [0.15, 0.2) is 0 Å². The van der Waals surface area contributed by atoms with Gasteiger partial charge < -0.3 is 9.47 Å². The summed E-state index contributed by atoms with van der Waals surface area (Å²) in [6.07, 6.45) is 1.48. The van der Waals surface area contributed by atoms with Crippen LogP contribution in [0.3, 0.4) is 0 Å². The van der Waals surface area contributed by atoms with Crippen molar-refractivity contribution in [2.75, 3.05) is 14.2 Å². The monoisotopic (exact) mass is 475 g/mol. The van der Waals surface area contributed by atoms with Crippen molar-refractivity contribution in [1.29, 1.82) is 0 Å². The molecule has 0 aliphatic rings. The fourth-order valence-corrected chi connectivity index (χ4v) is 5.40. The normalized spacial score (nSPS) is 12.3. The Bertz CT molecular complexity index is 1190. The Morgan fingerprint density at radius 1 is 0.824 bits per heavy atom. The van der Waals surface area contributed by atoms with Crippen LogP contribution >= 0.6 is 0 Å². The molecule has 0 heterocycles. The third kappa shape index (κ3) is 6.88. The van der Waals surface area contributed by atoms with Gasteiger partial charge >= 0.3 is 0 Å². The van der Waals surface area contributed by atoms with Crippen LogP contribution in [0.4, 0.5) is 0 Å². The topological polar surface area (TPSA) is 47.9 Å². The Balaban J connectivity index is 2.12. The van der Waals surface area contributed by atoms with E-state index in [2.05, 4.69) is 44.7 Å². The zero-order valence-electron chi connectivity index (χ0n) is 20.6. The first-order valence-electron chi connectivity index (χ1n) is 11.3. The summed E-state index contributed by atoms with van der Waals surface area (Å²) >= 11 is 0. The third-order valence-corrected chi connectivity index (χ3v) is 7.57. The molecule has 0 unspecified atom stereocenters. The molecule has 178 valence electrons. The highest BCUT2D eigenvalue weighted by molar-refractivity contribution is 7.93. The zero-order valence-corrected chi connectivity index (χ0v) is 21.4. The minimum Gasteiger partial charge on any atom is -0.497 e. The molecule has 0 spiro atoms. The first-order valence-corrected chi connectivity index (χ1v) is 12.9. The van der Waals surface area contributed by atoms with Gasteiger partial charge in [0.05, 0.1) is 24.0 Å². The van der Waals surface area contributed by atoms with Crippen molar-refractivity contribution in [3.05, 3.63) is 84.4 Å². The summed E-state index contributed by atoms with van der Waals surface area (Å²) < 4.78 is 30.2. The Kier molecular flexibility index (Phi) is 8.41. The second-order valence-electron chi connectivity index (χ2n) is 9.04. The van der Waals surface area contributed by atoms with E-state index in [1.165, 1.54) is 5.56 Å². The highest BCUT2D eigenvalue weighted by atomic mass is 32.2. The van der Waals surface area contributed by atoms with Gasteiger partial charge in [-0.1, -0.05) is 42.2 Å². The molecule has 34 heavy (non-hydrogen) atoms. The van der Waals surface area contributed by atoms with Crippen LogP contribution in [-0.2, 0) is 16.1 Å². The van der Waals surface area contributed by atoms with E-state index in [4.69, 9.17) is 13.8 Å². The molecule has 3 aromatic rings. The molecule has 0 radical (unpaired) electrons. The van der Waals surface area contributed by atoms with Gasteiger partial charge in [-0.05, 0) is 87.7 Å². The average Bonchev–Trinajstić information content (AvgIpc) is 2.85. The van der Waals surface area contributed by atoms with Crippen molar-refractivity contribution < 1.29 is 13.7 Å². The lowest BCUT2D eigenvalue weighted by molar-refractivity contribution is 0.414. The summed E-state index contributed by atoms with van der Waals surface area (Å²) in [6.45, 7) is 6.20. The summed E-state index contributed by atoms with van der Waals surface area (Å²) in [5, 5.41) is 0. The van der Waals surface area contributed by atoms with E-state index in [1.54, 1.807) is 14.2 Å². The van der Waals surface area contributed by atoms with Gasteiger partial charge in [0.25, 0.3) is 0 Å². The van der Waals surface area contributed by atoms with Crippen molar-refractivity contribution >= 4 is 9.73 Å². The number of hydrogen-bond donors (Lipinski definition) is 0. The predicted molar refractivity (Wildman–Crippen MR) is 139 cm³/mol. The summed E-state index contributed by atoms with van der Waals surface area (Å²) in [7, 11) is 0.270. The summed E-state index contributed by atoms with van der Waals surface area (Å²) in [4.78, 5) is 1.25. The van der Waals surface area contributed by atoms with E-state index in [0.29, 0.717) is 27.7 Å². The molecular formula is C29H33NO3S. The summed E-state index contributed by atoms with van der Waals surface area (Å²) in [6, 6.07) is 24.4. The van der Waals surface area contributed by atoms with Gasteiger partial charge in [-0.3, -0.25) is 0 Å². The first-order chi connectivity index (χ1) is 16.2. The Hall–Kier alpha value is -3.23. The van der Waals surface area contributed by atoms with Gasteiger partial charge in [0, 0.05) is 5.41 Å². The maximum Gasteiger partial charge on any atom is 0.121 e. The predicted octanol–water partition coefficient (Wildman–Crippen LogP) is 6.64. The fraction of sp³-hybridized carbons (Fsp3) is 0.310. The molecule has 0 fully saturated rings. The van der Waals surface area contributed by atoms with Crippen molar-refractivity contribution in [2.24, 2.45) is 9.78 Å². The molecule has 0 N–H and O–H groups in total. The van der Waals surface area contributed by atoms with Crippen LogP contribution in [0.2, 0.25) is 0 Å². The number of rotatable bonds is 8. The van der Waals surface area contributed by atoms with E-state index in [9.17, 15) is 4.21 Å².